The average molecular weight is 342 g/mol. The Bertz CT molecular complexity index is 762. The Morgan fingerprint density at radius 2 is 1.80 bits per heavy atom. The first-order valence-electron chi connectivity index (χ1n) is 8.11. The van der Waals surface area contributed by atoms with Crippen molar-refractivity contribution >= 4 is 11.9 Å². The number of carboxylic acids is 1. The van der Waals surface area contributed by atoms with Crippen molar-refractivity contribution in [3.05, 3.63) is 42.2 Å². The summed E-state index contributed by atoms with van der Waals surface area (Å²) in [6.07, 6.45) is 3.42. The molecule has 3 heterocycles. The van der Waals surface area contributed by atoms with Crippen LogP contribution in [0.15, 0.2) is 36.7 Å². The third kappa shape index (κ3) is 3.08. The van der Waals surface area contributed by atoms with Gasteiger partial charge in [-0.05, 0) is 23.8 Å². The molecule has 130 valence electrons. The number of piperazine rings is 1. The molecule has 1 aromatic heterocycles. The number of aromatic nitrogens is 2. The molecule has 4 rings (SSSR count). The molecule has 2 aliphatic heterocycles. The minimum absolute atomic E-state index is 0.173. The zero-order valence-electron chi connectivity index (χ0n) is 13.5. The number of aliphatic carboxylic acids is 1. The van der Waals surface area contributed by atoms with E-state index in [4.69, 9.17) is 9.47 Å². The number of carbonyl (C=O) groups is 1. The largest absolute Gasteiger partial charge is 0.480 e. The van der Waals surface area contributed by atoms with E-state index >= 15 is 0 Å². The SMILES string of the molecule is O=C(O)C(c1ccc2c(c1)OCO2)N1CCN(c2ncccn2)CC1. The Labute approximate surface area is 144 Å². The smallest absolute Gasteiger partial charge is 0.325 e. The van der Waals surface area contributed by atoms with Gasteiger partial charge in [0.05, 0.1) is 0 Å². The van der Waals surface area contributed by atoms with Crippen LogP contribution >= 0.6 is 0 Å². The van der Waals surface area contributed by atoms with Crippen LogP contribution in [0.2, 0.25) is 0 Å². The Balaban J connectivity index is 1.50. The summed E-state index contributed by atoms with van der Waals surface area (Å²) >= 11 is 0. The molecule has 1 atom stereocenters. The molecule has 1 aromatic carbocycles. The molecule has 8 heteroatoms. The fourth-order valence-corrected chi connectivity index (χ4v) is 3.23. The van der Waals surface area contributed by atoms with Crippen molar-refractivity contribution in [3.63, 3.8) is 0 Å². The van der Waals surface area contributed by atoms with E-state index in [1.165, 1.54) is 0 Å². The van der Waals surface area contributed by atoms with Gasteiger partial charge in [-0.3, -0.25) is 9.69 Å². The maximum Gasteiger partial charge on any atom is 0.325 e. The lowest BCUT2D eigenvalue weighted by molar-refractivity contribution is -0.143. The van der Waals surface area contributed by atoms with Crippen molar-refractivity contribution in [2.75, 3.05) is 37.9 Å². The molecular formula is C17H18N4O4. The van der Waals surface area contributed by atoms with E-state index in [-0.39, 0.29) is 6.79 Å². The first-order chi connectivity index (χ1) is 12.2. The molecule has 25 heavy (non-hydrogen) atoms. The summed E-state index contributed by atoms with van der Waals surface area (Å²) in [4.78, 5) is 24.4. The number of anilines is 1. The van der Waals surface area contributed by atoms with Gasteiger partial charge in [-0.2, -0.15) is 0 Å². The van der Waals surface area contributed by atoms with Crippen molar-refractivity contribution in [1.29, 1.82) is 0 Å². The quantitative estimate of drug-likeness (QED) is 0.885. The highest BCUT2D eigenvalue weighted by Crippen LogP contribution is 2.35. The number of hydrogen-bond acceptors (Lipinski definition) is 7. The van der Waals surface area contributed by atoms with E-state index in [2.05, 4.69) is 14.9 Å². The van der Waals surface area contributed by atoms with Gasteiger partial charge in [-0.15, -0.1) is 0 Å². The van der Waals surface area contributed by atoms with Gasteiger partial charge in [0.15, 0.2) is 11.5 Å². The minimum Gasteiger partial charge on any atom is -0.480 e. The summed E-state index contributed by atoms with van der Waals surface area (Å²) < 4.78 is 10.7. The van der Waals surface area contributed by atoms with Crippen LogP contribution in [-0.4, -0.2) is 58.9 Å². The minimum atomic E-state index is -0.872. The molecule has 8 nitrogen and oxygen atoms in total. The second-order valence-electron chi connectivity index (χ2n) is 5.93. The van der Waals surface area contributed by atoms with Crippen LogP contribution in [0.25, 0.3) is 0 Å². The van der Waals surface area contributed by atoms with E-state index < -0.39 is 12.0 Å². The molecular weight excluding hydrogens is 324 g/mol. The maximum atomic E-state index is 11.9. The molecule has 2 aromatic rings. The Morgan fingerprint density at radius 1 is 1.08 bits per heavy atom. The fourth-order valence-electron chi connectivity index (χ4n) is 3.23. The van der Waals surface area contributed by atoms with Gasteiger partial charge in [0, 0.05) is 38.6 Å². The van der Waals surface area contributed by atoms with Crippen LogP contribution in [0.3, 0.4) is 0 Å². The third-order valence-corrected chi connectivity index (χ3v) is 4.46. The van der Waals surface area contributed by atoms with E-state index in [1.54, 1.807) is 36.7 Å². The number of ether oxygens (including phenoxy) is 2. The molecule has 1 N–H and O–H groups in total. The molecule has 1 unspecified atom stereocenters. The zero-order chi connectivity index (χ0) is 17.2. The Kier molecular flexibility index (Phi) is 4.10. The highest BCUT2D eigenvalue weighted by atomic mass is 16.7. The molecule has 0 saturated carbocycles. The van der Waals surface area contributed by atoms with Crippen molar-refractivity contribution in [1.82, 2.24) is 14.9 Å². The predicted molar refractivity (Wildman–Crippen MR) is 88.8 cm³/mol. The summed E-state index contributed by atoms with van der Waals surface area (Å²) in [5.41, 5.74) is 0.696. The standard InChI is InChI=1S/C17H18N4O4/c22-16(23)15(12-2-3-13-14(10-12)25-11-24-13)20-6-8-21(9-7-20)17-18-4-1-5-19-17/h1-5,10,15H,6-9,11H2,(H,22,23). The van der Waals surface area contributed by atoms with E-state index in [0.29, 0.717) is 49.2 Å². The maximum absolute atomic E-state index is 11.9. The van der Waals surface area contributed by atoms with Gasteiger partial charge in [0.1, 0.15) is 6.04 Å². The summed E-state index contributed by atoms with van der Waals surface area (Å²) in [6.45, 7) is 2.76. The van der Waals surface area contributed by atoms with Gasteiger partial charge in [0.25, 0.3) is 0 Å². The first kappa shape index (κ1) is 15.6. The van der Waals surface area contributed by atoms with Crippen LogP contribution in [-0.2, 0) is 4.79 Å². The summed E-state index contributed by atoms with van der Waals surface area (Å²) in [5, 5.41) is 9.76. The topological polar surface area (TPSA) is 88.0 Å². The highest BCUT2D eigenvalue weighted by Gasteiger charge is 2.32. The van der Waals surface area contributed by atoms with Crippen LogP contribution in [0.1, 0.15) is 11.6 Å². The van der Waals surface area contributed by atoms with Crippen molar-refractivity contribution in [3.8, 4) is 11.5 Å². The molecule has 0 amide bonds. The number of hydrogen-bond donors (Lipinski definition) is 1. The summed E-state index contributed by atoms with van der Waals surface area (Å²) in [7, 11) is 0. The molecule has 0 bridgehead atoms. The van der Waals surface area contributed by atoms with Gasteiger partial charge >= 0.3 is 5.97 Å². The summed E-state index contributed by atoms with van der Waals surface area (Å²) in [5.74, 6) is 1.05. The molecule has 0 radical (unpaired) electrons. The second-order valence-corrected chi connectivity index (χ2v) is 5.93. The van der Waals surface area contributed by atoms with Crippen LogP contribution in [0.4, 0.5) is 5.95 Å². The number of rotatable bonds is 4. The molecule has 2 aliphatic rings. The van der Waals surface area contributed by atoms with Crippen LogP contribution in [0, 0.1) is 0 Å². The number of carboxylic acid groups (broad SMARTS) is 1. The first-order valence-corrected chi connectivity index (χ1v) is 8.11. The van der Waals surface area contributed by atoms with Crippen LogP contribution < -0.4 is 14.4 Å². The lowest BCUT2D eigenvalue weighted by Gasteiger charge is -2.37. The van der Waals surface area contributed by atoms with E-state index in [0.717, 1.165) is 0 Å². The van der Waals surface area contributed by atoms with Gasteiger partial charge in [0.2, 0.25) is 12.7 Å². The molecule has 1 fully saturated rings. The predicted octanol–water partition coefficient (Wildman–Crippen LogP) is 1.15. The van der Waals surface area contributed by atoms with E-state index in [1.807, 2.05) is 4.90 Å². The third-order valence-electron chi connectivity index (χ3n) is 4.46. The number of fused-ring (bicyclic) bond motifs is 1. The fraction of sp³-hybridized carbons (Fsp3) is 0.353. The van der Waals surface area contributed by atoms with Crippen LogP contribution in [0.5, 0.6) is 11.5 Å². The zero-order valence-corrected chi connectivity index (χ0v) is 13.5. The van der Waals surface area contributed by atoms with Gasteiger partial charge < -0.3 is 19.5 Å². The highest BCUT2D eigenvalue weighted by molar-refractivity contribution is 5.76. The normalized spacial score (nSPS) is 18.2. The monoisotopic (exact) mass is 342 g/mol. The number of nitrogens with zero attached hydrogens (tertiary/aromatic N) is 4. The van der Waals surface area contributed by atoms with Gasteiger partial charge in [-0.1, -0.05) is 6.07 Å². The van der Waals surface area contributed by atoms with Crippen molar-refractivity contribution in [2.45, 2.75) is 6.04 Å². The lowest BCUT2D eigenvalue weighted by Crippen LogP contribution is -2.49. The Hall–Kier alpha value is -2.87. The molecule has 0 spiro atoms. The van der Waals surface area contributed by atoms with Crippen molar-refractivity contribution < 1.29 is 19.4 Å². The van der Waals surface area contributed by atoms with Crippen molar-refractivity contribution in [2.24, 2.45) is 0 Å². The average Bonchev–Trinajstić information content (AvgIpc) is 3.11. The molecule has 1 saturated heterocycles. The number of benzene rings is 1. The molecule has 0 aliphatic carbocycles. The second kappa shape index (κ2) is 6.56. The lowest BCUT2D eigenvalue weighted by atomic mass is 10.0. The summed E-state index contributed by atoms with van der Waals surface area (Å²) in [6, 6.07) is 6.38. The van der Waals surface area contributed by atoms with Gasteiger partial charge in [-0.25, -0.2) is 9.97 Å². The Morgan fingerprint density at radius 3 is 2.52 bits per heavy atom. The van der Waals surface area contributed by atoms with E-state index in [9.17, 15) is 9.90 Å².